The van der Waals surface area contributed by atoms with E-state index in [1.807, 2.05) is 28.8 Å². The van der Waals surface area contributed by atoms with Gasteiger partial charge in [-0.15, -0.1) is 0 Å². The van der Waals surface area contributed by atoms with Gasteiger partial charge >= 0.3 is 0 Å². The highest BCUT2D eigenvalue weighted by Gasteiger charge is 2.42. The Morgan fingerprint density at radius 2 is 2.12 bits per heavy atom. The van der Waals surface area contributed by atoms with Gasteiger partial charge in [-0.25, -0.2) is 4.98 Å². The third-order valence-electron chi connectivity index (χ3n) is 3.49. The van der Waals surface area contributed by atoms with E-state index in [-0.39, 0.29) is 11.0 Å². The van der Waals surface area contributed by atoms with Gasteiger partial charge in [0, 0.05) is 11.9 Å². The molecule has 0 amide bonds. The van der Waals surface area contributed by atoms with E-state index < -0.39 is 0 Å². The molecule has 4 heteroatoms. The van der Waals surface area contributed by atoms with Crippen molar-refractivity contribution in [1.29, 1.82) is 0 Å². The van der Waals surface area contributed by atoms with Crippen molar-refractivity contribution in [2.45, 2.75) is 19.4 Å². The highest BCUT2D eigenvalue weighted by Crippen LogP contribution is 2.48. The number of nitrogens with zero attached hydrogens (tertiary/aromatic N) is 2. The average molecular weight is 293 g/mol. The molecule has 0 atom stereocenters. The standard InChI is InChI=1S/C13H13BrN2O/c14-8-13(5-6-13)9-16-11-4-2-1-3-10(11)15-7-12(16)17/h1-4,7H,5-6,8-9H2. The van der Waals surface area contributed by atoms with Crippen LogP contribution >= 0.6 is 15.9 Å². The molecule has 88 valence electrons. The predicted molar refractivity (Wildman–Crippen MR) is 71.5 cm³/mol. The van der Waals surface area contributed by atoms with Crippen molar-refractivity contribution in [3.63, 3.8) is 0 Å². The minimum absolute atomic E-state index is 0.00377. The number of hydrogen-bond donors (Lipinski definition) is 0. The van der Waals surface area contributed by atoms with Crippen LogP contribution in [0.4, 0.5) is 0 Å². The molecule has 1 heterocycles. The molecule has 2 aromatic rings. The molecule has 3 nitrogen and oxygen atoms in total. The minimum atomic E-state index is -0.00377. The zero-order valence-electron chi connectivity index (χ0n) is 9.40. The lowest BCUT2D eigenvalue weighted by atomic mass is 10.1. The van der Waals surface area contributed by atoms with E-state index >= 15 is 0 Å². The summed E-state index contributed by atoms with van der Waals surface area (Å²) in [6, 6.07) is 7.81. The Balaban J connectivity index is 2.14. The molecule has 0 N–H and O–H groups in total. The second-order valence-electron chi connectivity index (χ2n) is 4.80. The van der Waals surface area contributed by atoms with Crippen LogP contribution in [0.2, 0.25) is 0 Å². The van der Waals surface area contributed by atoms with Gasteiger partial charge in [0.15, 0.2) is 0 Å². The van der Waals surface area contributed by atoms with Gasteiger partial charge in [-0.1, -0.05) is 28.1 Å². The summed E-state index contributed by atoms with van der Waals surface area (Å²) in [6.07, 6.45) is 3.81. The average Bonchev–Trinajstić information content (AvgIpc) is 3.14. The van der Waals surface area contributed by atoms with Gasteiger partial charge in [-0.2, -0.15) is 0 Å². The molecular weight excluding hydrogens is 280 g/mol. The van der Waals surface area contributed by atoms with Crippen molar-refractivity contribution in [3.8, 4) is 0 Å². The first-order chi connectivity index (χ1) is 8.24. The molecule has 1 aliphatic rings. The Hall–Kier alpha value is -1.16. The molecule has 1 fully saturated rings. The normalized spacial score (nSPS) is 17.2. The Morgan fingerprint density at radius 3 is 2.82 bits per heavy atom. The Labute approximate surface area is 108 Å². The van der Waals surface area contributed by atoms with E-state index in [4.69, 9.17) is 0 Å². The number of fused-ring (bicyclic) bond motifs is 1. The second-order valence-corrected chi connectivity index (χ2v) is 5.37. The van der Waals surface area contributed by atoms with Crippen LogP contribution in [0.3, 0.4) is 0 Å². The molecule has 0 aliphatic heterocycles. The molecule has 1 saturated carbocycles. The Morgan fingerprint density at radius 1 is 1.35 bits per heavy atom. The van der Waals surface area contributed by atoms with Gasteiger partial charge in [-0.3, -0.25) is 4.79 Å². The van der Waals surface area contributed by atoms with Crippen LogP contribution in [0.15, 0.2) is 35.3 Å². The third-order valence-corrected chi connectivity index (χ3v) is 4.68. The third kappa shape index (κ3) is 1.90. The van der Waals surface area contributed by atoms with Crippen molar-refractivity contribution in [2.24, 2.45) is 5.41 Å². The summed E-state index contributed by atoms with van der Waals surface area (Å²) in [5.41, 5.74) is 2.11. The van der Waals surface area contributed by atoms with Gasteiger partial charge in [0.1, 0.15) is 0 Å². The SMILES string of the molecule is O=c1cnc2ccccc2n1CC1(CBr)CC1. The molecular formula is C13H13BrN2O. The predicted octanol–water partition coefficient (Wildman–Crippen LogP) is 2.57. The van der Waals surface area contributed by atoms with Crippen molar-refractivity contribution in [3.05, 3.63) is 40.8 Å². The summed E-state index contributed by atoms with van der Waals surface area (Å²) in [6.45, 7) is 0.792. The molecule has 0 unspecified atom stereocenters. The summed E-state index contributed by atoms with van der Waals surface area (Å²) in [7, 11) is 0. The van der Waals surface area contributed by atoms with Crippen LogP contribution in [0.5, 0.6) is 0 Å². The fourth-order valence-electron chi connectivity index (χ4n) is 2.12. The molecule has 1 aliphatic carbocycles. The molecule has 0 spiro atoms. The molecule has 0 radical (unpaired) electrons. The van der Waals surface area contributed by atoms with Gasteiger partial charge in [0.05, 0.1) is 17.2 Å². The summed E-state index contributed by atoms with van der Waals surface area (Å²) in [5, 5.41) is 0.961. The number of para-hydroxylation sites is 2. The smallest absolute Gasteiger partial charge is 0.269 e. The quantitative estimate of drug-likeness (QED) is 0.815. The Bertz CT molecular complexity index is 616. The van der Waals surface area contributed by atoms with Gasteiger partial charge < -0.3 is 4.57 Å². The maximum Gasteiger partial charge on any atom is 0.269 e. The first kappa shape index (κ1) is 11.0. The second kappa shape index (κ2) is 3.95. The highest BCUT2D eigenvalue weighted by molar-refractivity contribution is 9.09. The monoisotopic (exact) mass is 292 g/mol. The van der Waals surface area contributed by atoms with Crippen LogP contribution in [0, 0.1) is 5.41 Å². The Kier molecular flexibility index (Phi) is 2.54. The number of halogens is 1. The number of benzene rings is 1. The number of rotatable bonds is 3. The first-order valence-corrected chi connectivity index (χ1v) is 6.87. The molecule has 0 saturated heterocycles. The topological polar surface area (TPSA) is 34.9 Å². The lowest BCUT2D eigenvalue weighted by molar-refractivity contribution is 0.475. The maximum absolute atomic E-state index is 11.9. The van der Waals surface area contributed by atoms with Crippen LogP contribution in [-0.2, 0) is 6.54 Å². The zero-order valence-corrected chi connectivity index (χ0v) is 11.0. The summed E-state index contributed by atoms with van der Waals surface area (Å²) < 4.78 is 1.86. The fraction of sp³-hybridized carbons (Fsp3) is 0.385. The van der Waals surface area contributed by atoms with Gasteiger partial charge in [0.25, 0.3) is 5.56 Å². The van der Waals surface area contributed by atoms with E-state index in [1.165, 1.54) is 19.0 Å². The van der Waals surface area contributed by atoms with Gasteiger partial charge in [-0.05, 0) is 30.4 Å². The van der Waals surface area contributed by atoms with Crippen molar-refractivity contribution >= 4 is 27.0 Å². The highest BCUT2D eigenvalue weighted by atomic mass is 79.9. The van der Waals surface area contributed by atoms with Crippen molar-refractivity contribution in [2.75, 3.05) is 5.33 Å². The first-order valence-electron chi connectivity index (χ1n) is 5.75. The molecule has 1 aromatic carbocycles. The lowest BCUT2D eigenvalue weighted by Gasteiger charge is -2.15. The summed E-state index contributed by atoms with van der Waals surface area (Å²) >= 11 is 3.55. The molecule has 0 bridgehead atoms. The summed E-state index contributed by atoms with van der Waals surface area (Å²) in [5.74, 6) is 0. The number of alkyl halides is 1. The minimum Gasteiger partial charge on any atom is -0.305 e. The van der Waals surface area contributed by atoms with Crippen LogP contribution in [0.1, 0.15) is 12.8 Å². The van der Waals surface area contributed by atoms with E-state index in [1.54, 1.807) is 0 Å². The van der Waals surface area contributed by atoms with E-state index in [2.05, 4.69) is 20.9 Å². The van der Waals surface area contributed by atoms with Crippen LogP contribution in [0.25, 0.3) is 11.0 Å². The van der Waals surface area contributed by atoms with Crippen LogP contribution in [-0.4, -0.2) is 14.9 Å². The largest absolute Gasteiger partial charge is 0.305 e. The lowest BCUT2D eigenvalue weighted by Crippen LogP contribution is -2.25. The van der Waals surface area contributed by atoms with E-state index in [9.17, 15) is 4.79 Å². The van der Waals surface area contributed by atoms with Gasteiger partial charge in [0.2, 0.25) is 0 Å². The summed E-state index contributed by atoms with van der Waals surface area (Å²) in [4.78, 5) is 16.1. The molecule has 17 heavy (non-hydrogen) atoms. The molecule has 1 aromatic heterocycles. The maximum atomic E-state index is 11.9. The van der Waals surface area contributed by atoms with E-state index in [0.29, 0.717) is 0 Å². The van der Waals surface area contributed by atoms with Crippen molar-refractivity contribution < 1.29 is 0 Å². The molecule has 3 rings (SSSR count). The van der Waals surface area contributed by atoms with Crippen molar-refractivity contribution in [1.82, 2.24) is 9.55 Å². The number of aromatic nitrogens is 2. The zero-order chi connectivity index (χ0) is 11.9. The fourth-order valence-corrected chi connectivity index (χ4v) is 2.86. The van der Waals surface area contributed by atoms with Crippen LogP contribution < -0.4 is 5.56 Å². The van der Waals surface area contributed by atoms with E-state index in [0.717, 1.165) is 22.9 Å². The number of hydrogen-bond acceptors (Lipinski definition) is 2.